The number of amides is 1. The minimum atomic E-state index is -0.846. The number of benzene rings is 2. The molecular weight excluding hydrogens is 480 g/mol. The molecule has 3 aromatic rings. The zero-order valence-electron chi connectivity index (χ0n) is 20.3. The highest BCUT2D eigenvalue weighted by atomic mass is 32.1. The van der Waals surface area contributed by atoms with Gasteiger partial charge < -0.3 is 19.8 Å². The number of hydrogen-bond acceptors (Lipinski definition) is 7. The Bertz CT molecular complexity index is 1440. The van der Waals surface area contributed by atoms with E-state index in [9.17, 15) is 24.6 Å². The number of rotatable bonds is 7. The summed E-state index contributed by atoms with van der Waals surface area (Å²) in [5.74, 6) is -1.77. The lowest BCUT2D eigenvalue weighted by Crippen LogP contribution is -2.63. The fourth-order valence-corrected chi connectivity index (χ4v) is 6.79. The number of aliphatic hydroxyl groups excluding tert-OH is 2. The lowest BCUT2D eigenvalue weighted by Gasteiger charge is -2.46. The summed E-state index contributed by atoms with van der Waals surface area (Å²) in [6, 6.07) is 13.3. The molecule has 3 unspecified atom stereocenters. The third-order valence-electron chi connectivity index (χ3n) is 7.36. The Labute approximate surface area is 212 Å². The number of β-lactam (4-membered cyclic amide) rings is 1. The molecule has 36 heavy (non-hydrogen) atoms. The number of carbonyl (C=O) groups excluding carboxylic acids is 2. The van der Waals surface area contributed by atoms with E-state index in [0.717, 1.165) is 21.4 Å². The number of aliphatic hydroxyl groups is 2. The normalized spacial score (nSPS) is 22.1. The average molecular weight is 509 g/mol. The standard InChI is InChI=1S/C27H28N2O6S/c1-14-19(23(27(34)35-3)29-22(14)20(15(2)31)26(29)33)13-28-25(32)21-17(11-12-30)9-10-18(24(21)36-28)16-7-5-4-6-8-16/h4-10,14-15,20,22,30-31H,11-13H2,1-3H3/t14-,15?,20?,22?/m0/s1. The zero-order valence-corrected chi connectivity index (χ0v) is 21.1. The Morgan fingerprint density at radius 3 is 2.53 bits per heavy atom. The van der Waals surface area contributed by atoms with Gasteiger partial charge in [0.1, 0.15) is 5.70 Å². The largest absolute Gasteiger partial charge is 0.464 e. The van der Waals surface area contributed by atoms with Crippen LogP contribution in [-0.2, 0) is 27.3 Å². The van der Waals surface area contributed by atoms with Gasteiger partial charge in [-0.1, -0.05) is 60.9 Å². The van der Waals surface area contributed by atoms with Crippen molar-refractivity contribution in [3.05, 3.63) is 69.7 Å². The molecule has 0 saturated carbocycles. The van der Waals surface area contributed by atoms with Crippen LogP contribution in [0.2, 0.25) is 0 Å². The number of esters is 1. The van der Waals surface area contributed by atoms with Crippen molar-refractivity contribution in [1.29, 1.82) is 0 Å². The average Bonchev–Trinajstić information content (AvgIpc) is 3.32. The number of nitrogens with zero attached hydrogens (tertiary/aromatic N) is 2. The van der Waals surface area contributed by atoms with Crippen molar-refractivity contribution in [2.24, 2.45) is 11.8 Å². The lowest BCUT2D eigenvalue weighted by molar-refractivity contribution is -0.163. The van der Waals surface area contributed by atoms with E-state index in [1.807, 2.05) is 49.4 Å². The quantitative estimate of drug-likeness (QED) is 0.375. The van der Waals surface area contributed by atoms with Crippen molar-refractivity contribution in [3.63, 3.8) is 0 Å². The molecule has 5 rings (SSSR count). The van der Waals surface area contributed by atoms with Crippen LogP contribution >= 0.6 is 11.5 Å². The summed E-state index contributed by atoms with van der Waals surface area (Å²) in [5, 5.41) is 20.3. The van der Waals surface area contributed by atoms with E-state index in [2.05, 4.69) is 0 Å². The van der Waals surface area contributed by atoms with E-state index < -0.39 is 18.0 Å². The number of ether oxygens (including phenoxy) is 1. The van der Waals surface area contributed by atoms with Crippen LogP contribution in [0.1, 0.15) is 19.4 Å². The molecule has 1 aromatic heterocycles. The van der Waals surface area contributed by atoms with Crippen LogP contribution < -0.4 is 5.56 Å². The molecule has 9 heteroatoms. The van der Waals surface area contributed by atoms with Crippen molar-refractivity contribution in [1.82, 2.24) is 8.86 Å². The predicted octanol–water partition coefficient (Wildman–Crippen LogP) is 2.55. The SMILES string of the molecule is COC(=O)C1=C(Cn2sc3c(-c4ccccc4)ccc(CCO)c3c2=O)[C@H](C)C2C(C(C)O)C(=O)N12. The van der Waals surface area contributed by atoms with E-state index in [-0.39, 0.29) is 42.3 Å². The van der Waals surface area contributed by atoms with Crippen LogP contribution in [0.15, 0.2) is 58.5 Å². The first-order chi connectivity index (χ1) is 17.3. The Morgan fingerprint density at radius 2 is 1.89 bits per heavy atom. The second-order valence-electron chi connectivity index (χ2n) is 9.37. The van der Waals surface area contributed by atoms with Gasteiger partial charge in [0.25, 0.3) is 5.56 Å². The highest BCUT2D eigenvalue weighted by molar-refractivity contribution is 7.14. The summed E-state index contributed by atoms with van der Waals surface area (Å²) >= 11 is 1.31. The van der Waals surface area contributed by atoms with E-state index in [1.165, 1.54) is 23.5 Å². The monoisotopic (exact) mass is 508 g/mol. The predicted molar refractivity (Wildman–Crippen MR) is 136 cm³/mol. The number of fused-ring (bicyclic) bond motifs is 2. The van der Waals surface area contributed by atoms with E-state index in [4.69, 9.17) is 4.74 Å². The molecule has 2 N–H and O–H groups in total. The molecule has 1 amide bonds. The van der Waals surface area contributed by atoms with E-state index >= 15 is 0 Å². The molecule has 2 aromatic carbocycles. The van der Waals surface area contributed by atoms with E-state index in [0.29, 0.717) is 17.4 Å². The van der Waals surface area contributed by atoms with Crippen LogP contribution in [0, 0.1) is 11.8 Å². The molecule has 0 spiro atoms. The Balaban J connectivity index is 1.65. The van der Waals surface area contributed by atoms with Gasteiger partial charge in [-0.15, -0.1) is 0 Å². The van der Waals surface area contributed by atoms with Crippen LogP contribution in [-0.4, -0.2) is 56.8 Å². The van der Waals surface area contributed by atoms with Crippen molar-refractivity contribution in [2.45, 2.75) is 39.0 Å². The molecule has 0 aliphatic carbocycles. The molecule has 0 bridgehead atoms. The lowest BCUT2D eigenvalue weighted by atomic mass is 9.78. The van der Waals surface area contributed by atoms with Gasteiger partial charge in [0.15, 0.2) is 0 Å². The minimum Gasteiger partial charge on any atom is -0.464 e. The smallest absolute Gasteiger partial charge is 0.354 e. The van der Waals surface area contributed by atoms with Crippen LogP contribution in [0.25, 0.3) is 21.2 Å². The fraction of sp³-hybridized carbons (Fsp3) is 0.370. The Kier molecular flexibility index (Phi) is 6.32. The molecule has 4 atom stereocenters. The van der Waals surface area contributed by atoms with Gasteiger partial charge in [-0.3, -0.25) is 13.5 Å². The second-order valence-corrected chi connectivity index (χ2v) is 10.4. The summed E-state index contributed by atoms with van der Waals surface area (Å²) in [7, 11) is 1.26. The van der Waals surface area contributed by atoms with Crippen molar-refractivity contribution in [3.8, 4) is 11.1 Å². The molecule has 188 valence electrons. The van der Waals surface area contributed by atoms with Crippen LogP contribution in [0.3, 0.4) is 0 Å². The third-order valence-corrected chi connectivity index (χ3v) is 8.48. The molecule has 8 nitrogen and oxygen atoms in total. The summed E-state index contributed by atoms with van der Waals surface area (Å²) in [5.41, 5.74) is 3.27. The fourth-order valence-electron chi connectivity index (χ4n) is 5.60. The highest BCUT2D eigenvalue weighted by Crippen LogP contribution is 2.48. The van der Waals surface area contributed by atoms with Gasteiger partial charge in [0.05, 0.1) is 41.8 Å². The molecule has 2 aliphatic heterocycles. The third kappa shape index (κ3) is 3.61. The van der Waals surface area contributed by atoms with Crippen molar-refractivity contribution < 1.29 is 24.5 Å². The zero-order chi connectivity index (χ0) is 25.7. The van der Waals surface area contributed by atoms with Gasteiger partial charge in [-0.25, -0.2) is 4.79 Å². The van der Waals surface area contributed by atoms with Crippen molar-refractivity contribution >= 4 is 33.5 Å². The maximum atomic E-state index is 13.7. The number of methoxy groups -OCH3 is 1. The minimum absolute atomic E-state index is 0.0801. The molecule has 3 heterocycles. The van der Waals surface area contributed by atoms with E-state index in [1.54, 1.807) is 10.9 Å². The van der Waals surface area contributed by atoms with Crippen LogP contribution in [0.5, 0.6) is 0 Å². The molecule has 2 aliphatic rings. The summed E-state index contributed by atoms with van der Waals surface area (Å²) in [6.07, 6.45) is -0.495. The first-order valence-electron chi connectivity index (χ1n) is 11.9. The molecule has 1 saturated heterocycles. The molecule has 1 fully saturated rings. The maximum Gasteiger partial charge on any atom is 0.354 e. The van der Waals surface area contributed by atoms with Gasteiger partial charge in [0, 0.05) is 18.1 Å². The van der Waals surface area contributed by atoms with Gasteiger partial charge >= 0.3 is 5.97 Å². The Hall–Kier alpha value is -3.27. The number of carbonyl (C=O) groups is 2. The Morgan fingerprint density at radius 1 is 1.17 bits per heavy atom. The highest BCUT2D eigenvalue weighted by Gasteiger charge is 2.60. The van der Waals surface area contributed by atoms with Crippen LogP contribution in [0.4, 0.5) is 0 Å². The summed E-state index contributed by atoms with van der Waals surface area (Å²) in [6.45, 7) is 3.54. The molecule has 0 radical (unpaired) electrons. The molecular formula is C27H28N2O6S. The first-order valence-corrected chi connectivity index (χ1v) is 12.7. The second kappa shape index (κ2) is 9.31. The number of aromatic nitrogens is 1. The van der Waals surface area contributed by atoms with Crippen molar-refractivity contribution in [2.75, 3.05) is 13.7 Å². The number of hydrogen-bond donors (Lipinski definition) is 2. The van der Waals surface area contributed by atoms with Gasteiger partial charge in [-0.2, -0.15) is 0 Å². The van der Waals surface area contributed by atoms with Gasteiger partial charge in [-0.05, 0) is 30.0 Å². The first kappa shape index (κ1) is 24.4. The summed E-state index contributed by atoms with van der Waals surface area (Å²) in [4.78, 5) is 40.7. The van der Waals surface area contributed by atoms with Gasteiger partial charge in [0.2, 0.25) is 5.91 Å². The summed E-state index contributed by atoms with van der Waals surface area (Å²) < 4.78 is 7.42. The maximum absolute atomic E-state index is 13.7. The topological polar surface area (TPSA) is 109 Å².